The van der Waals surface area contributed by atoms with E-state index in [4.69, 9.17) is 33.1 Å². The van der Waals surface area contributed by atoms with Crippen molar-refractivity contribution >= 4 is 35.1 Å². The number of aliphatic carboxylic acids is 1. The second kappa shape index (κ2) is 12.4. The highest BCUT2D eigenvalue weighted by Gasteiger charge is 2.50. The third kappa shape index (κ3) is 6.62. The summed E-state index contributed by atoms with van der Waals surface area (Å²) in [5.41, 5.74) is 5.88. The van der Waals surface area contributed by atoms with Crippen LogP contribution in [0.5, 0.6) is 0 Å². The highest BCUT2D eigenvalue weighted by molar-refractivity contribution is 6.30. The number of carboxylic acid groups (broad SMARTS) is 1. The second-order valence-corrected chi connectivity index (χ2v) is 9.84. The van der Waals surface area contributed by atoms with Gasteiger partial charge >= 0.3 is 0 Å². The molecule has 1 saturated heterocycles. The summed E-state index contributed by atoms with van der Waals surface area (Å²) in [6.07, 6.45) is 4.08. The molecule has 2 aromatic rings. The van der Waals surface area contributed by atoms with Gasteiger partial charge in [-0.15, -0.1) is 6.58 Å². The lowest BCUT2D eigenvalue weighted by atomic mass is 9.67. The molecule has 1 aliphatic heterocycles. The number of rotatable bonds is 7. The number of carboxylic acids is 1. The number of amides is 1. The fourth-order valence-electron chi connectivity index (χ4n) is 4.83. The Labute approximate surface area is 212 Å². The molecule has 0 bridgehead atoms. The van der Waals surface area contributed by atoms with Gasteiger partial charge in [-0.25, -0.2) is 0 Å². The molecule has 0 spiro atoms. The molecule has 7 heteroatoms. The zero-order valence-corrected chi connectivity index (χ0v) is 21.6. The monoisotopic (exact) mass is 504 g/mol. The summed E-state index contributed by atoms with van der Waals surface area (Å²) in [6.45, 7) is 9.75. The van der Waals surface area contributed by atoms with Gasteiger partial charge < -0.3 is 20.5 Å². The zero-order chi connectivity index (χ0) is 25.5. The maximum atomic E-state index is 13.9. The molecule has 0 saturated carbocycles. The van der Waals surface area contributed by atoms with Crippen LogP contribution in [0.25, 0.3) is 0 Å². The minimum Gasteiger partial charge on any atom is -0.550 e. The van der Waals surface area contributed by atoms with E-state index in [-0.39, 0.29) is 23.9 Å². The van der Waals surface area contributed by atoms with Crippen molar-refractivity contribution in [3.63, 3.8) is 0 Å². The average molecular weight is 505 g/mol. The number of benzene rings is 2. The Morgan fingerprint density at radius 2 is 1.85 bits per heavy atom. The number of allylic oxidation sites excluding steroid dienone is 1. The maximum Gasteiger partial charge on any atom is 0.229 e. The quantitative estimate of drug-likeness (QED) is 0.566. The largest absolute Gasteiger partial charge is 0.550 e. The summed E-state index contributed by atoms with van der Waals surface area (Å²) in [7, 11) is 0. The highest BCUT2D eigenvalue weighted by atomic mass is 35.5. The standard InChI is InChI=1S/C25H30Cl2N2O.C2H4O2/c1-4-13-25(3)15-22(18-7-6-8-20(27)14-18)23(17-9-11-19(26)12-10-17)29(24(25)30)21(5-2)16-28;1-2(3)4/h4,6-12,14,21-23H,1,5,13,15-16,28H2,2-3H3;1H3,(H,3,4)/t21-,22+,23+,25-;/m0./s1. The van der Waals surface area contributed by atoms with Crippen LogP contribution in [0.4, 0.5) is 0 Å². The molecule has 0 radical (unpaired) electrons. The first-order valence-electron chi connectivity index (χ1n) is 11.5. The summed E-state index contributed by atoms with van der Waals surface area (Å²) in [6, 6.07) is 15.9. The molecule has 3 N–H and O–H groups in total. The van der Waals surface area contributed by atoms with Crippen molar-refractivity contribution in [1.29, 1.82) is 0 Å². The molecule has 2 aromatic carbocycles. The Bertz CT molecular complexity index is 988. The van der Waals surface area contributed by atoms with E-state index in [1.165, 1.54) is 0 Å². The molecule has 1 fully saturated rings. The van der Waals surface area contributed by atoms with E-state index in [2.05, 4.69) is 37.1 Å². The van der Waals surface area contributed by atoms with E-state index < -0.39 is 11.4 Å². The molecule has 0 aromatic heterocycles. The lowest BCUT2D eigenvalue weighted by molar-refractivity contribution is -0.379. The van der Waals surface area contributed by atoms with Gasteiger partial charge in [-0.3, -0.25) is 4.79 Å². The summed E-state index contributed by atoms with van der Waals surface area (Å²) < 4.78 is 0. The average Bonchev–Trinajstić information content (AvgIpc) is 2.78. The number of halogens is 2. The van der Waals surface area contributed by atoms with Crippen molar-refractivity contribution in [3.8, 4) is 0 Å². The third-order valence-corrected chi connectivity index (χ3v) is 6.87. The van der Waals surface area contributed by atoms with E-state index in [0.29, 0.717) is 23.0 Å². The molecule has 34 heavy (non-hydrogen) atoms. The van der Waals surface area contributed by atoms with Crippen LogP contribution in [-0.2, 0) is 9.59 Å². The number of hydrogen-bond donors (Lipinski definition) is 1. The second-order valence-electron chi connectivity index (χ2n) is 8.97. The summed E-state index contributed by atoms with van der Waals surface area (Å²) in [5, 5.41) is 10.3. The Balaban J connectivity index is 0.000000945. The Kier molecular flexibility index (Phi) is 10.2. The molecule has 1 amide bonds. The van der Waals surface area contributed by atoms with Crippen molar-refractivity contribution in [2.24, 2.45) is 5.41 Å². The lowest BCUT2D eigenvalue weighted by Crippen LogP contribution is -2.64. The van der Waals surface area contributed by atoms with Crippen LogP contribution in [0.15, 0.2) is 61.2 Å². The summed E-state index contributed by atoms with van der Waals surface area (Å²) in [4.78, 5) is 24.9. The van der Waals surface area contributed by atoms with Gasteiger partial charge in [0.15, 0.2) is 0 Å². The Morgan fingerprint density at radius 1 is 1.24 bits per heavy atom. The van der Waals surface area contributed by atoms with Crippen LogP contribution in [-0.4, -0.2) is 29.4 Å². The van der Waals surface area contributed by atoms with Gasteiger partial charge in [0.05, 0.1) is 24.0 Å². The molecule has 4 atom stereocenters. The van der Waals surface area contributed by atoms with Gasteiger partial charge in [-0.2, -0.15) is 0 Å². The van der Waals surface area contributed by atoms with Gasteiger partial charge in [0.2, 0.25) is 5.91 Å². The summed E-state index contributed by atoms with van der Waals surface area (Å²) in [5.74, 6) is -0.802. The minimum atomic E-state index is -1.08. The van der Waals surface area contributed by atoms with Crippen molar-refractivity contribution in [3.05, 3.63) is 82.4 Å². The van der Waals surface area contributed by atoms with Gasteiger partial charge in [0.25, 0.3) is 0 Å². The number of hydrogen-bond acceptors (Lipinski definition) is 3. The van der Waals surface area contributed by atoms with E-state index in [1.807, 2.05) is 48.5 Å². The van der Waals surface area contributed by atoms with Crippen LogP contribution in [0, 0.1) is 5.41 Å². The third-order valence-electron chi connectivity index (χ3n) is 6.38. The van der Waals surface area contributed by atoms with Gasteiger partial charge in [0, 0.05) is 21.9 Å². The fourth-order valence-corrected chi connectivity index (χ4v) is 5.15. The number of piperidine rings is 1. The summed E-state index contributed by atoms with van der Waals surface area (Å²) >= 11 is 12.5. The van der Waals surface area contributed by atoms with Crippen molar-refractivity contribution < 1.29 is 20.4 Å². The lowest BCUT2D eigenvalue weighted by Gasteiger charge is -2.51. The number of likely N-dealkylation sites (tertiary alicyclic amines) is 1. The van der Waals surface area contributed by atoms with Crippen molar-refractivity contribution in [2.75, 3.05) is 6.54 Å². The van der Waals surface area contributed by atoms with Crippen LogP contribution >= 0.6 is 23.2 Å². The zero-order valence-electron chi connectivity index (χ0n) is 20.1. The Hall–Kier alpha value is -2.34. The van der Waals surface area contributed by atoms with Gasteiger partial charge in [0.1, 0.15) is 0 Å². The first-order chi connectivity index (χ1) is 16.1. The van der Waals surface area contributed by atoms with Gasteiger partial charge in [-0.05, 0) is 61.6 Å². The van der Waals surface area contributed by atoms with Crippen LogP contribution in [0.2, 0.25) is 10.0 Å². The van der Waals surface area contributed by atoms with Crippen molar-refractivity contribution in [2.45, 2.75) is 58.0 Å². The topological polar surface area (TPSA) is 88.1 Å². The SMILES string of the molecule is C=CC[C@@]1(C)C[C@H](c2cccc(Cl)c2)[C@@H](c2ccc(Cl)cc2)N([C@@H](CC)C[NH3+])C1=O.CC(=O)[O-]. The molecule has 0 aliphatic carbocycles. The van der Waals surface area contributed by atoms with E-state index >= 15 is 0 Å². The van der Waals surface area contributed by atoms with Crippen molar-refractivity contribution in [1.82, 2.24) is 4.90 Å². The maximum absolute atomic E-state index is 13.9. The molecule has 184 valence electrons. The van der Waals surface area contributed by atoms with E-state index in [1.54, 1.807) is 0 Å². The normalized spacial score (nSPS) is 23.0. The first-order valence-corrected chi connectivity index (χ1v) is 12.2. The molecule has 1 heterocycles. The van der Waals surface area contributed by atoms with E-state index in [9.17, 15) is 4.79 Å². The predicted octanol–water partition coefficient (Wildman–Crippen LogP) is 4.41. The van der Waals surface area contributed by atoms with Crippen LogP contribution in [0.3, 0.4) is 0 Å². The minimum absolute atomic E-state index is 0.0595. The number of nitrogens with zero attached hydrogens (tertiary/aromatic N) is 1. The van der Waals surface area contributed by atoms with Crippen LogP contribution in [0.1, 0.15) is 63.1 Å². The fraction of sp³-hybridized carbons (Fsp3) is 0.407. The molecular weight excluding hydrogens is 471 g/mol. The highest BCUT2D eigenvalue weighted by Crippen LogP contribution is 2.52. The first kappa shape index (κ1) is 27.9. The molecule has 1 aliphatic rings. The van der Waals surface area contributed by atoms with Gasteiger partial charge in [-0.1, -0.05) is 67.4 Å². The van der Waals surface area contributed by atoms with Crippen LogP contribution < -0.4 is 10.8 Å². The Morgan fingerprint density at radius 3 is 2.35 bits per heavy atom. The molecule has 5 nitrogen and oxygen atoms in total. The molecule has 0 unspecified atom stereocenters. The smallest absolute Gasteiger partial charge is 0.229 e. The number of carbonyl (C=O) groups excluding carboxylic acids is 2. The molecular formula is C27H34Cl2N2O3. The number of carbonyl (C=O) groups is 2. The predicted molar refractivity (Wildman–Crippen MR) is 135 cm³/mol. The van der Waals surface area contributed by atoms with E-state index in [0.717, 1.165) is 30.9 Å². The number of quaternary nitrogens is 1. The molecule has 3 rings (SSSR count).